The van der Waals surface area contributed by atoms with Crippen molar-refractivity contribution in [2.24, 2.45) is 0 Å². The molecule has 0 radical (unpaired) electrons. The summed E-state index contributed by atoms with van der Waals surface area (Å²) in [7, 11) is -3.12. The molecule has 3 unspecified atom stereocenters. The van der Waals surface area contributed by atoms with Crippen LogP contribution >= 0.6 is 84.7 Å². The molecule has 0 saturated heterocycles. The molecule has 676 valence electrons. The van der Waals surface area contributed by atoms with Gasteiger partial charge in [0.25, 0.3) is 16.6 Å². The smallest absolute Gasteiger partial charge is 0.409 e. The number of hydrogen-bond donors (Lipinski definition) is 3. The SMILES string of the molecule is CCP.CCPC(=O)CCCSC(=O)N(CCS(C)(=O)=O)Cc1ccc(-c2ccc3ncnc(Nc4ccc(OCc5cccc(F)c5)c(Cl)c4)c3c2)o1.CCPC(=O)CCCSC(=O)Oc1ccc([N+](=O)[O-])cc1.CS(=O)(=O)CCNCc1ccc(-c2ccc3ncnc(Nc4ccc(OCc5cccc(F)c5)c(Cl)c4)c3c2)o1.O=C(Cl)Oc1ccc([N+](=O)[O-])cc1. The van der Waals surface area contributed by atoms with Crippen LogP contribution in [0.25, 0.3) is 44.5 Å². The maximum atomic E-state index is 13.5. The highest BCUT2D eigenvalue weighted by atomic mass is 35.5. The van der Waals surface area contributed by atoms with E-state index in [1.165, 1.54) is 103 Å². The number of sulfone groups is 2. The van der Waals surface area contributed by atoms with E-state index in [-0.39, 0.29) is 97.2 Å². The summed E-state index contributed by atoms with van der Waals surface area (Å²) in [4.78, 5) is 96.7. The Bertz CT molecular complexity index is 6020. The minimum absolute atomic E-state index is 0.0172. The van der Waals surface area contributed by atoms with Crippen LogP contribution in [0, 0.1) is 31.9 Å². The van der Waals surface area contributed by atoms with Crippen LogP contribution in [0.2, 0.25) is 10.0 Å². The van der Waals surface area contributed by atoms with Gasteiger partial charge in [-0.1, -0.05) is 97.2 Å². The minimum atomic E-state index is -3.31. The Morgan fingerprint density at radius 2 is 1.02 bits per heavy atom. The van der Waals surface area contributed by atoms with Crippen LogP contribution in [0.5, 0.6) is 23.0 Å². The number of fused-ring (bicyclic) bond motifs is 2. The van der Waals surface area contributed by atoms with E-state index in [1.807, 2.05) is 68.4 Å². The summed E-state index contributed by atoms with van der Waals surface area (Å²) >= 11 is 20.0. The number of nitro benzene ring substituents is 2. The molecule has 0 fully saturated rings. The summed E-state index contributed by atoms with van der Waals surface area (Å²) in [6, 6.07) is 51.9. The maximum absolute atomic E-state index is 13.5. The first-order chi connectivity index (χ1) is 61.2. The van der Waals surface area contributed by atoms with Crippen LogP contribution in [0.4, 0.5) is 57.5 Å². The molecule has 0 aliphatic carbocycles. The number of thioether (sulfide) groups is 2. The monoisotopic (exact) mass is 1940 g/mol. The average Bonchev–Trinajstić information content (AvgIpc) is 1.41. The molecule has 0 aliphatic rings. The molecule has 0 aliphatic heterocycles. The molecule has 128 heavy (non-hydrogen) atoms. The Morgan fingerprint density at radius 1 is 0.562 bits per heavy atom. The van der Waals surface area contributed by atoms with Gasteiger partial charge in [0.2, 0.25) is 0 Å². The van der Waals surface area contributed by atoms with Gasteiger partial charge in [-0.25, -0.2) is 55.1 Å². The van der Waals surface area contributed by atoms with E-state index in [9.17, 15) is 69.8 Å². The molecule has 3 N–H and O–H groups in total. The Balaban J connectivity index is 0.000000231. The number of aromatic nitrogens is 4. The van der Waals surface area contributed by atoms with Gasteiger partial charge < -0.3 is 48.6 Å². The Hall–Kier alpha value is -10.7. The number of rotatable bonds is 38. The number of furan rings is 2. The molecule has 0 spiro atoms. The van der Waals surface area contributed by atoms with Crippen LogP contribution in [0.3, 0.4) is 0 Å². The van der Waals surface area contributed by atoms with Crippen molar-refractivity contribution in [2.75, 3.05) is 77.7 Å². The number of nitrogens with one attached hydrogen (secondary N) is 3. The average molecular weight is 1950 g/mol. The molecule has 1 amide bonds. The van der Waals surface area contributed by atoms with Gasteiger partial charge in [-0.2, -0.15) is 0 Å². The number of nitro groups is 2. The van der Waals surface area contributed by atoms with E-state index in [0.717, 1.165) is 69.5 Å². The zero-order valence-electron chi connectivity index (χ0n) is 69.6. The van der Waals surface area contributed by atoms with Gasteiger partial charge in [-0.05, 0) is 200 Å². The first-order valence-corrected chi connectivity index (χ1v) is 49.7. The summed E-state index contributed by atoms with van der Waals surface area (Å²) < 4.78 is 107. The predicted molar refractivity (Wildman–Crippen MR) is 508 cm³/mol. The molecule has 3 atom stereocenters. The zero-order chi connectivity index (χ0) is 92.7. The number of amides is 1. The number of benzene rings is 8. The van der Waals surface area contributed by atoms with Crippen molar-refractivity contribution in [3.63, 3.8) is 0 Å². The van der Waals surface area contributed by atoms with Crippen molar-refractivity contribution >= 4 is 188 Å². The van der Waals surface area contributed by atoms with Crippen LogP contribution in [0.15, 0.2) is 216 Å². The second-order valence-electron chi connectivity index (χ2n) is 27.4. The van der Waals surface area contributed by atoms with Gasteiger partial charge in [0, 0.05) is 119 Å². The fourth-order valence-electron chi connectivity index (χ4n) is 11.2. The van der Waals surface area contributed by atoms with E-state index >= 15 is 0 Å². The maximum Gasteiger partial charge on any atom is 0.409 e. The van der Waals surface area contributed by atoms with Gasteiger partial charge in [0.15, 0.2) is 11.0 Å². The van der Waals surface area contributed by atoms with Gasteiger partial charge in [-0.15, -0.1) is 9.24 Å². The van der Waals surface area contributed by atoms with E-state index < -0.39 is 40.3 Å². The third-order valence-corrected chi connectivity index (χ3v) is 23.5. The van der Waals surface area contributed by atoms with Gasteiger partial charge in [0.1, 0.15) is 115 Å². The minimum Gasteiger partial charge on any atom is -0.487 e. The third-order valence-electron chi connectivity index (χ3n) is 17.2. The first kappa shape index (κ1) is 103. The topological polar surface area (TPSA) is 394 Å². The number of anilines is 4. The molecular formula is C87H90Cl3F2N10O19P3S4. The van der Waals surface area contributed by atoms with Gasteiger partial charge in [0.05, 0.1) is 55.5 Å². The van der Waals surface area contributed by atoms with E-state index in [2.05, 4.69) is 56.8 Å². The summed E-state index contributed by atoms with van der Waals surface area (Å²) in [5.41, 5.74) is 5.10. The predicted octanol–water partition coefficient (Wildman–Crippen LogP) is 21.9. The lowest BCUT2D eigenvalue weighted by atomic mass is 10.1. The number of nitrogens with zero attached hydrogens (tertiary/aromatic N) is 7. The number of hydrogen-bond acceptors (Lipinski definition) is 28. The van der Waals surface area contributed by atoms with E-state index in [1.54, 1.807) is 66.7 Å². The molecule has 12 aromatic rings. The fourth-order valence-corrected chi connectivity index (χ4v) is 15.7. The first-order valence-electron chi connectivity index (χ1n) is 39.2. The van der Waals surface area contributed by atoms with Gasteiger partial charge in [-0.3, -0.25) is 34.6 Å². The van der Waals surface area contributed by atoms with Crippen molar-refractivity contribution < 1.29 is 87.2 Å². The van der Waals surface area contributed by atoms with Crippen LogP contribution in [-0.2, 0) is 55.6 Å². The number of carbonyl (C=O) groups excluding carboxylic acids is 5. The molecule has 41 heteroatoms. The van der Waals surface area contributed by atoms with E-state index in [4.69, 9.17) is 57.8 Å². The summed E-state index contributed by atoms with van der Waals surface area (Å²) in [5.74, 6) is 5.09. The van der Waals surface area contributed by atoms with Crippen molar-refractivity contribution in [2.45, 2.75) is 72.8 Å². The Labute approximate surface area is 767 Å². The molecule has 29 nitrogen and oxygen atoms in total. The molecular weight excluding hydrogens is 1850 g/mol. The Kier molecular flexibility index (Phi) is 42.3. The second kappa shape index (κ2) is 52.7. The number of ether oxygens (including phenoxy) is 4. The fraction of sp³-hybridized carbons (Fsp3) is 0.253. The van der Waals surface area contributed by atoms with E-state index in [0.29, 0.717) is 143 Å². The number of carbonyl (C=O) groups is 5. The summed E-state index contributed by atoms with van der Waals surface area (Å²) in [6.45, 7) is 7.24. The zero-order valence-corrected chi connectivity index (χ0v) is 78.3. The number of non-ortho nitro benzene ring substituents is 2. The Morgan fingerprint density at radius 3 is 1.45 bits per heavy atom. The van der Waals surface area contributed by atoms with Crippen molar-refractivity contribution in [3.05, 3.63) is 271 Å². The summed E-state index contributed by atoms with van der Waals surface area (Å²) in [6.07, 6.45) is 10.3. The van der Waals surface area contributed by atoms with Crippen molar-refractivity contribution in [1.82, 2.24) is 30.2 Å². The molecule has 8 aromatic carbocycles. The van der Waals surface area contributed by atoms with Crippen LogP contribution in [-0.4, -0.2) is 146 Å². The lowest BCUT2D eigenvalue weighted by molar-refractivity contribution is -0.385. The molecule has 0 bridgehead atoms. The highest BCUT2D eigenvalue weighted by molar-refractivity contribution is 8.13. The lowest BCUT2D eigenvalue weighted by Gasteiger charge is -2.20. The van der Waals surface area contributed by atoms with Crippen molar-refractivity contribution in [3.8, 4) is 45.6 Å². The van der Waals surface area contributed by atoms with Gasteiger partial charge >= 0.3 is 10.7 Å². The van der Waals surface area contributed by atoms with Crippen LogP contribution in [0.1, 0.15) is 69.1 Å². The number of halogens is 5. The standard InChI is InChI=1S/C36H37ClFN4O6PS2.C29H26ClFN4O4S.C13H16NO5PS.C7H4ClNO4.C2H7P/c1-3-49-34(43)8-5-16-50-36(44)42(15-17-51(2,45)46)21-28-11-14-32(48-28)25-9-12-31-29(19-25)35(40-23-39-31)41-27-10-13-33(30(37)20-27)47-22-24-6-4-7-26(38)18-24;1-40(36,37)12-11-32-16-23-7-10-27(39-23)20-5-8-26-24(14-20)29(34-18-33-26)35-22-6-9-28(25(30)15-22)38-17-19-3-2-4-21(31)13-19;1-2-20-12(15)4-3-9-21-13(16)19-11-7-5-10(6-8-11)14(17)18;8-7(10)13-6-3-1-5(2-4-6)9(11)12;1-2-3/h4,6-7,9-14,18-20,23,49H,3,5,8,15-17,21-22H2,1-2H3,(H,39,40,41);2-10,13-15,18,32H,11-12,16-17H2,1H3,(H,33,34,35);5-8,20H,2-4,9H2,1H3;1-4H;2-3H2,1H3. The highest BCUT2D eigenvalue weighted by Gasteiger charge is 2.22. The lowest BCUT2D eigenvalue weighted by Crippen LogP contribution is -2.32. The third kappa shape index (κ3) is 36.5. The van der Waals surface area contributed by atoms with Crippen molar-refractivity contribution in [1.29, 1.82) is 0 Å². The molecule has 0 saturated carbocycles. The molecule has 4 aromatic heterocycles. The summed E-state index contributed by atoms with van der Waals surface area (Å²) in [5, 5.41) is 31.9. The largest absolute Gasteiger partial charge is 0.487 e. The normalized spacial score (nSPS) is 11.1. The quantitative estimate of drug-likeness (QED) is 0.00808. The highest BCUT2D eigenvalue weighted by Crippen LogP contribution is 2.37. The molecule has 12 rings (SSSR count). The van der Waals surface area contributed by atoms with Crippen LogP contribution < -0.4 is 34.9 Å². The second-order valence-corrected chi connectivity index (χ2v) is 39.1. The molecule has 4 heterocycles.